The molecule has 0 unspecified atom stereocenters. The molecule has 0 aromatic heterocycles. The first-order chi connectivity index (χ1) is 5.74. The first kappa shape index (κ1) is 11.9. The van der Waals surface area contributed by atoms with Crippen molar-refractivity contribution in [2.24, 2.45) is 0 Å². The fourth-order valence-electron chi connectivity index (χ4n) is 1.60. The van der Waals surface area contributed by atoms with Crippen LogP contribution in [0.4, 0.5) is 0 Å². The number of ether oxygens (including phenoxy) is 1. The van der Waals surface area contributed by atoms with Gasteiger partial charge in [0.15, 0.2) is 0 Å². The highest BCUT2D eigenvalue weighted by Crippen LogP contribution is 2.25. The molecule has 0 aliphatic rings. The Labute approximate surface area is 75.9 Å². The van der Waals surface area contributed by atoms with Crippen LogP contribution in [0, 0.1) is 0 Å². The van der Waals surface area contributed by atoms with E-state index in [2.05, 4.69) is 20.8 Å². The lowest BCUT2D eigenvalue weighted by Crippen LogP contribution is -2.32. The summed E-state index contributed by atoms with van der Waals surface area (Å²) >= 11 is 0. The molecule has 0 saturated heterocycles. The Morgan fingerprint density at radius 3 is 2.08 bits per heavy atom. The second-order valence-electron chi connectivity index (χ2n) is 3.21. The van der Waals surface area contributed by atoms with Crippen molar-refractivity contribution in [2.45, 2.75) is 52.1 Å². The van der Waals surface area contributed by atoms with Gasteiger partial charge in [-0.25, -0.2) is 0 Å². The third-order valence-corrected chi connectivity index (χ3v) is 2.49. The van der Waals surface area contributed by atoms with Gasteiger partial charge in [-0.2, -0.15) is 0 Å². The smallest absolute Gasteiger partial charge is 0.0705 e. The van der Waals surface area contributed by atoms with Crippen molar-refractivity contribution < 1.29 is 9.84 Å². The molecule has 0 radical (unpaired) electrons. The molecule has 1 N–H and O–H groups in total. The summed E-state index contributed by atoms with van der Waals surface area (Å²) in [7, 11) is 0. The van der Waals surface area contributed by atoms with E-state index in [9.17, 15) is 0 Å². The first-order valence-corrected chi connectivity index (χ1v) is 4.99. The molecule has 0 bridgehead atoms. The van der Waals surface area contributed by atoms with Crippen LogP contribution in [-0.4, -0.2) is 23.9 Å². The molecule has 0 spiro atoms. The van der Waals surface area contributed by atoms with Crippen molar-refractivity contribution in [2.75, 3.05) is 13.2 Å². The molecule has 0 aliphatic carbocycles. The highest BCUT2D eigenvalue weighted by atomic mass is 16.5. The molecule has 12 heavy (non-hydrogen) atoms. The normalized spacial score (nSPS) is 12.0. The summed E-state index contributed by atoms with van der Waals surface area (Å²) in [5.41, 5.74) is 0.0253. The summed E-state index contributed by atoms with van der Waals surface area (Å²) < 4.78 is 5.67. The van der Waals surface area contributed by atoms with Gasteiger partial charge in [0, 0.05) is 0 Å². The van der Waals surface area contributed by atoms with E-state index in [4.69, 9.17) is 9.84 Å². The zero-order valence-corrected chi connectivity index (χ0v) is 8.60. The Balaban J connectivity index is 3.95. The topological polar surface area (TPSA) is 29.5 Å². The van der Waals surface area contributed by atoms with E-state index < -0.39 is 0 Å². The molecule has 0 aromatic carbocycles. The van der Waals surface area contributed by atoms with Crippen LogP contribution < -0.4 is 0 Å². The third kappa shape index (κ3) is 3.55. The van der Waals surface area contributed by atoms with Crippen LogP contribution in [0.5, 0.6) is 0 Å². The number of rotatable bonds is 7. The van der Waals surface area contributed by atoms with Gasteiger partial charge >= 0.3 is 0 Å². The molecular formula is C10H22O2. The maximum atomic E-state index is 8.66. The van der Waals surface area contributed by atoms with Crippen LogP contribution in [0.15, 0.2) is 0 Å². The van der Waals surface area contributed by atoms with Crippen molar-refractivity contribution in [1.29, 1.82) is 0 Å². The molecule has 0 aliphatic heterocycles. The Bertz CT molecular complexity index is 98.0. The van der Waals surface area contributed by atoms with Gasteiger partial charge in [-0.15, -0.1) is 0 Å². The van der Waals surface area contributed by atoms with E-state index in [1.54, 1.807) is 0 Å². The van der Waals surface area contributed by atoms with Crippen molar-refractivity contribution in [3.63, 3.8) is 0 Å². The van der Waals surface area contributed by atoms with Gasteiger partial charge in [-0.1, -0.05) is 27.2 Å². The van der Waals surface area contributed by atoms with Crippen molar-refractivity contribution in [1.82, 2.24) is 0 Å². The fourth-order valence-corrected chi connectivity index (χ4v) is 1.60. The number of aliphatic hydroxyl groups is 1. The van der Waals surface area contributed by atoms with E-state index in [0.29, 0.717) is 6.61 Å². The number of aliphatic hydroxyl groups excluding tert-OH is 1. The van der Waals surface area contributed by atoms with Crippen LogP contribution >= 0.6 is 0 Å². The van der Waals surface area contributed by atoms with Crippen LogP contribution in [0.2, 0.25) is 0 Å². The van der Waals surface area contributed by atoms with Gasteiger partial charge in [0.05, 0.1) is 18.8 Å². The minimum Gasteiger partial charge on any atom is -0.394 e. The number of hydrogen-bond acceptors (Lipinski definition) is 2. The molecule has 2 nitrogen and oxygen atoms in total. The molecule has 2 heteroatoms. The average Bonchev–Trinajstić information content (AvgIpc) is 2.13. The molecule has 74 valence electrons. The zero-order chi connectivity index (χ0) is 9.45. The predicted molar refractivity (Wildman–Crippen MR) is 51.3 cm³/mol. The van der Waals surface area contributed by atoms with Crippen LogP contribution in [0.1, 0.15) is 46.5 Å². The lowest BCUT2D eigenvalue weighted by atomic mass is 9.92. The summed E-state index contributed by atoms with van der Waals surface area (Å²) in [6.45, 7) is 7.07. The Hall–Kier alpha value is -0.0800. The van der Waals surface area contributed by atoms with Crippen molar-refractivity contribution in [3.05, 3.63) is 0 Å². The summed E-state index contributed by atoms with van der Waals surface area (Å²) in [6.07, 6.45) is 4.32. The van der Waals surface area contributed by atoms with Gasteiger partial charge in [0.25, 0.3) is 0 Å². The second kappa shape index (κ2) is 6.44. The van der Waals surface area contributed by atoms with E-state index in [1.165, 1.54) is 0 Å². The largest absolute Gasteiger partial charge is 0.394 e. The summed E-state index contributed by atoms with van der Waals surface area (Å²) in [6, 6.07) is 0. The summed E-state index contributed by atoms with van der Waals surface area (Å²) in [5, 5.41) is 8.66. The maximum absolute atomic E-state index is 8.66. The minimum absolute atomic E-state index is 0.0253. The lowest BCUT2D eigenvalue weighted by molar-refractivity contribution is -0.0690. The zero-order valence-electron chi connectivity index (χ0n) is 8.60. The Kier molecular flexibility index (Phi) is 6.39. The maximum Gasteiger partial charge on any atom is 0.0705 e. The van der Waals surface area contributed by atoms with Gasteiger partial charge in [0.2, 0.25) is 0 Å². The second-order valence-corrected chi connectivity index (χ2v) is 3.21. The lowest BCUT2D eigenvalue weighted by Gasteiger charge is -2.31. The van der Waals surface area contributed by atoms with Crippen LogP contribution in [0.25, 0.3) is 0 Å². The highest BCUT2D eigenvalue weighted by molar-refractivity contribution is 4.76. The van der Waals surface area contributed by atoms with Gasteiger partial charge < -0.3 is 9.84 Å². The third-order valence-electron chi connectivity index (χ3n) is 2.49. The Morgan fingerprint density at radius 2 is 1.75 bits per heavy atom. The fraction of sp³-hybridized carbons (Fsp3) is 1.00. The van der Waals surface area contributed by atoms with E-state index in [-0.39, 0.29) is 12.2 Å². The molecule has 0 atom stereocenters. The predicted octanol–water partition coefficient (Wildman–Crippen LogP) is 2.35. The molecule has 0 amide bonds. The first-order valence-electron chi connectivity index (χ1n) is 4.99. The average molecular weight is 174 g/mol. The Morgan fingerprint density at radius 1 is 1.17 bits per heavy atom. The van der Waals surface area contributed by atoms with E-state index >= 15 is 0 Å². The standard InChI is InChI=1S/C10H22O2/c1-4-7-10(5-2,6-3)12-9-8-11/h11H,4-9H2,1-3H3. The molecule has 0 rings (SSSR count). The van der Waals surface area contributed by atoms with Gasteiger partial charge in [0.1, 0.15) is 0 Å². The van der Waals surface area contributed by atoms with Gasteiger partial charge in [-0.3, -0.25) is 0 Å². The highest BCUT2D eigenvalue weighted by Gasteiger charge is 2.25. The monoisotopic (exact) mass is 174 g/mol. The number of hydrogen-bond donors (Lipinski definition) is 1. The van der Waals surface area contributed by atoms with Crippen LogP contribution in [-0.2, 0) is 4.74 Å². The van der Waals surface area contributed by atoms with Gasteiger partial charge in [-0.05, 0) is 19.3 Å². The quantitative estimate of drug-likeness (QED) is 0.642. The molecule has 0 heterocycles. The molecule has 0 fully saturated rings. The summed E-state index contributed by atoms with van der Waals surface area (Å²) in [4.78, 5) is 0. The molecule has 0 aromatic rings. The SMILES string of the molecule is CCCC(CC)(CC)OCCO. The van der Waals surface area contributed by atoms with Crippen molar-refractivity contribution in [3.8, 4) is 0 Å². The summed E-state index contributed by atoms with van der Waals surface area (Å²) in [5.74, 6) is 0. The minimum atomic E-state index is 0.0253. The molecule has 0 saturated carbocycles. The van der Waals surface area contributed by atoms with Crippen molar-refractivity contribution >= 4 is 0 Å². The molecular weight excluding hydrogens is 152 g/mol. The van der Waals surface area contributed by atoms with E-state index in [1.807, 2.05) is 0 Å². The van der Waals surface area contributed by atoms with Crippen LogP contribution in [0.3, 0.4) is 0 Å². The van der Waals surface area contributed by atoms with E-state index in [0.717, 1.165) is 25.7 Å².